The second-order valence-corrected chi connectivity index (χ2v) is 4.36. The number of nitrogens with zero attached hydrogens (tertiary/aromatic N) is 1. The Balaban J connectivity index is 3.13. The van der Waals surface area contributed by atoms with Gasteiger partial charge in [-0.3, -0.25) is 10.2 Å². The van der Waals surface area contributed by atoms with Gasteiger partial charge in [0.25, 0.3) is 5.91 Å². The van der Waals surface area contributed by atoms with Crippen LogP contribution >= 0.6 is 0 Å². The van der Waals surface area contributed by atoms with Crippen molar-refractivity contribution < 1.29 is 14.3 Å². The van der Waals surface area contributed by atoms with E-state index in [-0.39, 0.29) is 5.91 Å². The lowest BCUT2D eigenvalue weighted by atomic mass is 10.0. The summed E-state index contributed by atoms with van der Waals surface area (Å²) in [4.78, 5) is 11.9. The lowest BCUT2D eigenvalue weighted by molar-refractivity contribution is -0.126. The van der Waals surface area contributed by atoms with Crippen molar-refractivity contribution in [2.45, 2.75) is 13.0 Å². The summed E-state index contributed by atoms with van der Waals surface area (Å²) in [6.07, 6.45) is 0. The van der Waals surface area contributed by atoms with Gasteiger partial charge < -0.3 is 15.2 Å². The highest BCUT2D eigenvalue weighted by atomic mass is 16.5. The molecular formula is C13H21N3O3. The maximum Gasteiger partial charge on any atom is 0.255 e. The van der Waals surface area contributed by atoms with Crippen molar-refractivity contribution >= 4 is 5.91 Å². The molecule has 0 spiro atoms. The van der Waals surface area contributed by atoms with Crippen LogP contribution in [0.2, 0.25) is 0 Å². The zero-order valence-corrected chi connectivity index (χ0v) is 12.0. The fourth-order valence-electron chi connectivity index (χ4n) is 1.86. The van der Waals surface area contributed by atoms with Crippen LogP contribution < -0.4 is 20.6 Å². The van der Waals surface area contributed by atoms with Crippen LogP contribution in [-0.2, 0) is 4.79 Å². The fourth-order valence-corrected chi connectivity index (χ4v) is 1.86. The van der Waals surface area contributed by atoms with E-state index in [2.05, 4.69) is 5.43 Å². The minimum absolute atomic E-state index is 0.298. The molecule has 1 amide bonds. The molecule has 0 bridgehead atoms. The van der Waals surface area contributed by atoms with Crippen LogP contribution in [0.3, 0.4) is 0 Å². The summed E-state index contributed by atoms with van der Waals surface area (Å²) in [5.41, 5.74) is 10.0. The van der Waals surface area contributed by atoms with Crippen molar-refractivity contribution in [3.05, 3.63) is 23.3 Å². The molecule has 0 aliphatic rings. The van der Waals surface area contributed by atoms with Gasteiger partial charge in [-0.1, -0.05) is 0 Å². The van der Waals surface area contributed by atoms with Gasteiger partial charge in [-0.15, -0.1) is 0 Å². The smallest absolute Gasteiger partial charge is 0.255 e. The molecule has 1 aromatic carbocycles. The Morgan fingerprint density at radius 1 is 1.32 bits per heavy atom. The van der Waals surface area contributed by atoms with Crippen LogP contribution in [0.25, 0.3) is 0 Å². The molecule has 1 atom stereocenters. The van der Waals surface area contributed by atoms with Crippen LogP contribution in [0.5, 0.6) is 11.5 Å². The first-order valence-corrected chi connectivity index (χ1v) is 5.87. The van der Waals surface area contributed by atoms with Crippen molar-refractivity contribution in [2.75, 3.05) is 28.3 Å². The van der Waals surface area contributed by atoms with Crippen molar-refractivity contribution in [3.63, 3.8) is 0 Å². The molecule has 6 heteroatoms. The third-order valence-electron chi connectivity index (χ3n) is 2.76. The van der Waals surface area contributed by atoms with E-state index in [1.165, 1.54) is 0 Å². The molecule has 3 N–H and O–H groups in total. The zero-order valence-electron chi connectivity index (χ0n) is 12.0. The monoisotopic (exact) mass is 267 g/mol. The number of methoxy groups -OCH3 is 2. The maximum absolute atomic E-state index is 11.9. The molecule has 1 aromatic rings. The standard InChI is InChI=1S/C13H21N3O3/c1-8-10(18-4)7-6-9(12(8)19-5)11(14)13(17)15-16(2)3/h6-7,11H,14H2,1-5H3,(H,15,17). The molecular weight excluding hydrogens is 246 g/mol. The number of nitrogens with two attached hydrogens (primary N) is 1. The van der Waals surface area contributed by atoms with Crippen molar-refractivity contribution in [3.8, 4) is 11.5 Å². The van der Waals surface area contributed by atoms with Gasteiger partial charge in [-0.05, 0) is 19.1 Å². The minimum Gasteiger partial charge on any atom is -0.496 e. The van der Waals surface area contributed by atoms with Gasteiger partial charge in [-0.2, -0.15) is 0 Å². The summed E-state index contributed by atoms with van der Waals surface area (Å²) >= 11 is 0. The zero-order chi connectivity index (χ0) is 14.6. The Bertz CT molecular complexity index is 461. The quantitative estimate of drug-likeness (QED) is 0.764. The number of carbonyl (C=O) groups is 1. The summed E-state index contributed by atoms with van der Waals surface area (Å²) in [5.74, 6) is 0.967. The second-order valence-electron chi connectivity index (χ2n) is 4.36. The molecule has 0 radical (unpaired) electrons. The van der Waals surface area contributed by atoms with Crippen LogP contribution in [0.1, 0.15) is 17.2 Å². The van der Waals surface area contributed by atoms with Gasteiger partial charge in [0.1, 0.15) is 17.5 Å². The Hall–Kier alpha value is -1.79. The fraction of sp³-hybridized carbons (Fsp3) is 0.462. The van der Waals surface area contributed by atoms with Gasteiger partial charge in [0.15, 0.2) is 0 Å². The number of rotatable bonds is 5. The van der Waals surface area contributed by atoms with E-state index in [0.717, 1.165) is 5.56 Å². The molecule has 19 heavy (non-hydrogen) atoms. The van der Waals surface area contributed by atoms with Gasteiger partial charge in [0, 0.05) is 25.2 Å². The van der Waals surface area contributed by atoms with Crippen molar-refractivity contribution in [2.24, 2.45) is 5.73 Å². The number of benzene rings is 1. The normalized spacial score (nSPS) is 12.2. The second kappa shape index (κ2) is 6.40. The number of ether oxygens (including phenoxy) is 2. The number of amides is 1. The summed E-state index contributed by atoms with van der Waals surface area (Å²) in [7, 11) is 6.57. The van der Waals surface area contributed by atoms with Crippen molar-refractivity contribution in [1.82, 2.24) is 10.4 Å². The third kappa shape index (κ3) is 3.36. The van der Waals surface area contributed by atoms with E-state index >= 15 is 0 Å². The van der Waals surface area contributed by atoms with E-state index in [4.69, 9.17) is 15.2 Å². The third-order valence-corrected chi connectivity index (χ3v) is 2.76. The van der Waals surface area contributed by atoms with Gasteiger partial charge in [0.2, 0.25) is 0 Å². The summed E-state index contributed by atoms with van der Waals surface area (Å²) in [6, 6.07) is 2.71. The largest absolute Gasteiger partial charge is 0.496 e. The summed E-state index contributed by atoms with van der Waals surface area (Å²) in [6.45, 7) is 1.86. The van der Waals surface area contributed by atoms with E-state index in [1.54, 1.807) is 45.5 Å². The highest BCUT2D eigenvalue weighted by Gasteiger charge is 2.22. The maximum atomic E-state index is 11.9. The number of hydrazine groups is 1. The van der Waals surface area contributed by atoms with Crippen molar-refractivity contribution in [1.29, 1.82) is 0 Å². The van der Waals surface area contributed by atoms with Crippen LogP contribution in [0.15, 0.2) is 12.1 Å². The van der Waals surface area contributed by atoms with E-state index in [0.29, 0.717) is 17.1 Å². The average Bonchev–Trinajstić information content (AvgIpc) is 2.36. The Morgan fingerprint density at radius 2 is 1.95 bits per heavy atom. The predicted molar refractivity (Wildman–Crippen MR) is 73.0 cm³/mol. The molecule has 1 rings (SSSR count). The topological polar surface area (TPSA) is 76.8 Å². The number of nitrogens with one attached hydrogen (secondary N) is 1. The molecule has 0 saturated carbocycles. The minimum atomic E-state index is -0.804. The first kappa shape index (κ1) is 15.3. The van der Waals surface area contributed by atoms with E-state index in [1.807, 2.05) is 6.92 Å². The number of hydrogen-bond acceptors (Lipinski definition) is 5. The summed E-state index contributed by atoms with van der Waals surface area (Å²) < 4.78 is 10.6. The lowest BCUT2D eigenvalue weighted by Crippen LogP contribution is -2.42. The molecule has 0 fully saturated rings. The van der Waals surface area contributed by atoms with E-state index < -0.39 is 6.04 Å². The van der Waals surface area contributed by atoms with Gasteiger partial charge in [0.05, 0.1) is 14.2 Å². The summed E-state index contributed by atoms with van der Waals surface area (Å²) in [5, 5.41) is 1.55. The van der Waals surface area contributed by atoms with E-state index in [9.17, 15) is 4.79 Å². The molecule has 0 aliphatic heterocycles. The Kier molecular flexibility index (Phi) is 5.14. The molecule has 6 nitrogen and oxygen atoms in total. The predicted octanol–water partition coefficient (Wildman–Crippen LogP) is 0.605. The highest BCUT2D eigenvalue weighted by Crippen LogP contribution is 2.34. The Labute approximate surface area is 113 Å². The molecule has 0 aliphatic carbocycles. The SMILES string of the molecule is COc1ccc(C(N)C(=O)NN(C)C)c(OC)c1C. The highest BCUT2D eigenvalue weighted by molar-refractivity contribution is 5.83. The van der Waals surface area contributed by atoms with Crippen LogP contribution in [0, 0.1) is 6.92 Å². The number of carbonyl (C=O) groups excluding carboxylic acids is 1. The molecule has 0 heterocycles. The first-order chi connectivity index (χ1) is 8.92. The molecule has 1 unspecified atom stereocenters. The van der Waals surface area contributed by atoms with Crippen LogP contribution in [0.4, 0.5) is 0 Å². The average molecular weight is 267 g/mol. The molecule has 106 valence electrons. The Morgan fingerprint density at radius 3 is 2.42 bits per heavy atom. The number of hydrogen-bond donors (Lipinski definition) is 2. The molecule has 0 aromatic heterocycles. The lowest BCUT2D eigenvalue weighted by Gasteiger charge is -2.20. The molecule has 0 saturated heterocycles. The van der Waals surface area contributed by atoms with Gasteiger partial charge >= 0.3 is 0 Å². The first-order valence-electron chi connectivity index (χ1n) is 5.87. The van der Waals surface area contributed by atoms with Crippen LogP contribution in [-0.4, -0.2) is 39.2 Å². The van der Waals surface area contributed by atoms with Gasteiger partial charge in [-0.25, -0.2) is 5.01 Å².